The SMILES string of the molecule is CC(C)NC1(CO)CCN(c2ccnc(-c3ccccc3)n2)CC1. The van der Waals surface area contributed by atoms with E-state index in [1.807, 2.05) is 42.6 Å². The maximum Gasteiger partial charge on any atom is 0.161 e. The number of rotatable bonds is 5. The lowest BCUT2D eigenvalue weighted by atomic mass is 9.87. The first-order valence-electron chi connectivity index (χ1n) is 8.64. The quantitative estimate of drug-likeness (QED) is 0.884. The van der Waals surface area contributed by atoms with Gasteiger partial charge in [0.25, 0.3) is 0 Å². The highest BCUT2D eigenvalue weighted by Crippen LogP contribution is 2.26. The van der Waals surface area contributed by atoms with E-state index in [1.165, 1.54) is 0 Å². The van der Waals surface area contributed by atoms with E-state index in [0.29, 0.717) is 6.04 Å². The fourth-order valence-corrected chi connectivity index (χ4v) is 3.38. The first-order valence-corrected chi connectivity index (χ1v) is 8.64. The molecule has 1 aliphatic heterocycles. The zero-order valence-corrected chi connectivity index (χ0v) is 14.4. The summed E-state index contributed by atoms with van der Waals surface area (Å²) in [6, 6.07) is 12.4. The van der Waals surface area contributed by atoms with Crippen LogP contribution in [0.25, 0.3) is 11.4 Å². The number of benzene rings is 1. The molecule has 0 saturated carbocycles. The average Bonchev–Trinajstić information content (AvgIpc) is 2.63. The molecule has 128 valence electrons. The summed E-state index contributed by atoms with van der Waals surface area (Å²) in [5.41, 5.74) is 0.863. The van der Waals surface area contributed by atoms with Crippen LogP contribution in [0, 0.1) is 0 Å². The summed E-state index contributed by atoms with van der Waals surface area (Å²) < 4.78 is 0. The summed E-state index contributed by atoms with van der Waals surface area (Å²) in [5.74, 6) is 1.72. The van der Waals surface area contributed by atoms with Gasteiger partial charge in [0, 0.05) is 36.4 Å². The number of aliphatic hydroxyl groups excluding tert-OH is 1. The molecular formula is C19H26N4O. The van der Waals surface area contributed by atoms with Crippen LogP contribution in [0.15, 0.2) is 42.6 Å². The van der Waals surface area contributed by atoms with Crippen LogP contribution in [0.3, 0.4) is 0 Å². The van der Waals surface area contributed by atoms with E-state index in [-0.39, 0.29) is 12.1 Å². The molecule has 5 nitrogen and oxygen atoms in total. The van der Waals surface area contributed by atoms with E-state index in [9.17, 15) is 5.11 Å². The number of aromatic nitrogens is 2. The van der Waals surface area contributed by atoms with Gasteiger partial charge in [-0.3, -0.25) is 0 Å². The maximum absolute atomic E-state index is 9.83. The molecule has 0 aliphatic carbocycles. The summed E-state index contributed by atoms with van der Waals surface area (Å²) in [5, 5.41) is 13.4. The smallest absolute Gasteiger partial charge is 0.161 e. The van der Waals surface area contributed by atoms with Gasteiger partial charge in [0.2, 0.25) is 0 Å². The lowest BCUT2D eigenvalue weighted by molar-refractivity contribution is 0.125. The predicted molar refractivity (Wildman–Crippen MR) is 97.0 cm³/mol. The van der Waals surface area contributed by atoms with Crippen molar-refractivity contribution in [3.63, 3.8) is 0 Å². The molecule has 0 atom stereocenters. The summed E-state index contributed by atoms with van der Waals surface area (Å²) in [4.78, 5) is 11.4. The van der Waals surface area contributed by atoms with Crippen molar-refractivity contribution in [2.75, 3.05) is 24.6 Å². The molecule has 24 heavy (non-hydrogen) atoms. The molecule has 0 spiro atoms. The highest BCUT2D eigenvalue weighted by Gasteiger charge is 2.34. The third-order valence-corrected chi connectivity index (χ3v) is 4.61. The topological polar surface area (TPSA) is 61.3 Å². The summed E-state index contributed by atoms with van der Waals surface area (Å²) in [7, 11) is 0. The van der Waals surface area contributed by atoms with Crippen LogP contribution in [0.2, 0.25) is 0 Å². The molecular weight excluding hydrogens is 300 g/mol. The number of anilines is 1. The Balaban J connectivity index is 1.73. The van der Waals surface area contributed by atoms with Gasteiger partial charge < -0.3 is 15.3 Å². The molecule has 0 unspecified atom stereocenters. The Labute approximate surface area is 143 Å². The molecule has 3 rings (SSSR count). The molecule has 1 aliphatic rings. The number of hydrogen-bond acceptors (Lipinski definition) is 5. The molecule has 1 fully saturated rings. The zero-order valence-electron chi connectivity index (χ0n) is 14.4. The molecule has 1 aromatic heterocycles. The minimum absolute atomic E-state index is 0.167. The van der Waals surface area contributed by atoms with Gasteiger partial charge in [-0.05, 0) is 18.9 Å². The first kappa shape index (κ1) is 16.9. The van der Waals surface area contributed by atoms with E-state index < -0.39 is 0 Å². The highest BCUT2D eigenvalue weighted by molar-refractivity contribution is 5.57. The zero-order chi connectivity index (χ0) is 17.0. The minimum atomic E-state index is -0.167. The fraction of sp³-hybridized carbons (Fsp3) is 0.474. The Kier molecular flexibility index (Phi) is 5.11. The minimum Gasteiger partial charge on any atom is -0.394 e. The Hall–Kier alpha value is -1.98. The van der Waals surface area contributed by atoms with Crippen molar-refractivity contribution in [3.05, 3.63) is 42.6 Å². The van der Waals surface area contributed by atoms with E-state index >= 15 is 0 Å². The van der Waals surface area contributed by atoms with Gasteiger partial charge in [0.05, 0.1) is 6.61 Å². The van der Waals surface area contributed by atoms with E-state index in [0.717, 1.165) is 43.1 Å². The van der Waals surface area contributed by atoms with E-state index in [4.69, 9.17) is 4.98 Å². The van der Waals surface area contributed by atoms with Crippen LogP contribution >= 0.6 is 0 Å². The van der Waals surface area contributed by atoms with Crippen molar-refractivity contribution >= 4 is 5.82 Å². The van der Waals surface area contributed by atoms with Gasteiger partial charge in [0.15, 0.2) is 5.82 Å². The number of aliphatic hydroxyl groups is 1. The Morgan fingerprint density at radius 3 is 2.50 bits per heavy atom. The van der Waals surface area contributed by atoms with Gasteiger partial charge in [0.1, 0.15) is 5.82 Å². The second-order valence-electron chi connectivity index (χ2n) is 6.83. The Morgan fingerprint density at radius 1 is 1.17 bits per heavy atom. The molecule has 2 N–H and O–H groups in total. The standard InChI is InChI=1S/C19H26N4O/c1-15(2)22-19(14-24)9-12-23(13-10-19)17-8-11-20-18(21-17)16-6-4-3-5-7-16/h3-8,11,15,22,24H,9-10,12-14H2,1-2H3. The van der Waals surface area contributed by atoms with Gasteiger partial charge in [-0.2, -0.15) is 0 Å². The fourth-order valence-electron chi connectivity index (χ4n) is 3.38. The van der Waals surface area contributed by atoms with Crippen LogP contribution < -0.4 is 10.2 Å². The second kappa shape index (κ2) is 7.28. The van der Waals surface area contributed by atoms with Crippen molar-refractivity contribution < 1.29 is 5.11 Å². The van der Waals surface area contributed by atoms with Gasteiger partial charge in [-0.15, -0.1) is 0 Å². The van der Waals surface area contributed by atoms with Crippen molar-refractivity contribution in [2.45, 2.75) is 38.3 Å². The molecule has 5 heteroatoms. The van der Waals surface area contributed by atoms with Crippen LogP contribution in [0.5, 0.6) is 0 Å². The molecule has 0 radical (unpaired) electrons. The second-order valence-corrected chi connectivity index (χ2v) is 6.83. The van der Waals surface area contributed by atoms with Crippen molar-refractivity contribution in [3.8, 4) is 11.4 Å². The number of piperidine rings is 1. The van der Waals surface area contributed by atoms with Crippen LogP contribution in [0.1, 0.15) is 26.7 Å². The van der Waals surface area contributed by atoms with Crippen LogP contribution in [0.4, 0.5) is 5.82 Å². The highest BCUT2D eigenvalue weighted by atomic mass is 16.3. The lowest BCUT2D eigenvalue weighted by Crippen LogP contribution is -2.57. The van der Waals surface area contributed by atoms with Crippen molar-refractivity contribution in [1.29, 1.82) is 0 Å². The summed E-state index contributed by atoms with van der Waals surface area (Å²) in [6.07, 6.45) is 3.64. The van der Waals surface area contributed by atoms with E-state index in [2.05, 4.69) is 29.0 Å². The molecule has 1 aromatic carbocycles. The van der Waals surface area contributed by atoms with Crippen molar-refractivity contribution in [2.24, 2.45) is 0 Å². The van der Waals surface area contributed by atoms with Gasteiger partial charge >= 0.3 is 0 Å². The number of hydrogen-bond donors (Lipinski definition) is 2. The summed E-state index contributed by atoms with van der Waals surface area (Å²) >= 11 is 0. The largest absolute Gasteiger partial charge is 0.394 e. The predicted octanol–water partition coefficient (Wildman–Crippen LogP) is 2.47. The molecule has 2 aromatic rings. The van der Waals surface area contributed by atoms with Gasteiger partial charge in [-0.25, -0.2) is 9.97 Å². The molecule has 2 heterocycles. The summed E-state index contributed by atoms with van der Waals surface area (Å²) in [6.45, 7) is 6.19. The maximum atomic E-state index is 9.83. The molecule has 1 saturated heterocycles. The third kappa shape index (κ3) is 3.74. The van der Waals surface area contributed by atoms with Crippen molar-refractivity contribution in [1.82, 2.24) is 15.3 Å². The number of nitrogens with zero attached hydrogens (tertiary/aromatic N) is 3. The Bertz CT molecular complexity index is 651. The number of nitrogens with one attached hydrogen (secondary N) is 1. The normalized spacial score (nSPS) is 17.2. The average molecular weight is 326 g/mol. The third-order valence-electron chi connectivity index (χ3n) is 4.61. The van der Waals surface area contributed by atoms with E-state index in [1.54, 1.807) is 0 Å². The first-order chi connectivity index (χ1) is 11.6. The van der Waals surface area contributed by atoms with Gasteiger partial charge in [-0.1, -0.05) is 44.2 Å². The van der Waals surface area contributed by atoms with Crippen LogP contribution in [-0.2, 0) is 0 Å². The Morgan fingerprint density at radius 2 is 1.88 bits per heavy atom. The lowest BCUT2D eigenvalue weighted by Gasteiger charge is -2.43. The van der Waals surface area contributed by atoms with Crippen LogP contribution in [-0.4, -0.2) is 46.4 Å². The monoisotopic (exact) mass is 326 g/mol. The molecule has 0 bridgehead atoms. The molecule has 0 amide bonds.